The number of rotatable bonds is 6. The number of benzene rings is 1. The Morgan fingerprint density at radius 1 is 1.23 bits per heavy atom. The zero-order valence-corrected chi connectivity index (χ0v) is 16.9. The van der Waals surface area contributed by atoms with E-state index in [1.54, 1.807) is 31.1 Å². The summed E-state index contributed by atoms with van der Waals surface area (Å²) in [5, 5.41) is 7.80. The van der Waals surface area contributed by atoms with E-state index in [1.807, 2.05) is 37.3 Å². The highest BCUT2D eigenvalue weighted by atomic mass is 16.5. The van der Waals surface area contributed by atoms with Crippen LogP contribution in [-0.4, -0.2) is 39.4 Å². The zero-order valence-electron chi connectivity index (χ0n) is 16.9. The van der Waals surface area contributed by atoms with E-state index in [2.05, 4.69) is 20.4 Å². The molecule has 3 aromatic rings. The van der Waals surface area contributed by atoms with Crippen LogP contribution in [0.25, 0.3) is 11.4 Å². The number of primary amides is 1. The molecule has 1 aromatic carbocycles. The minimum Gasteiger partial charge on any atom is -0.493 e. The number of ether oxygens (including phenoxy) is 2. The van der Waals surface area contributed by atoms with Crippen LogP contribution in [-0.2, 0) is 4.79 Å². The molecule has 1 unspecified atom stereocenters. The summed E-state index contributed by atoms with van der Waals surface area (Å²) in [6.45, 7) is 4.21. The van der Waals surface area contributed by atoms with E-state index in [0.29, 0.717) is 41.1 Å². The second-order valence-electron chi connectivity index (χ2n) is 6.71. The Bertz CT molecular complexity index is 1120. The number of methoxy groups -OCH3 is 1. The van der Waals surface area contributed by atoms with Crippen LogP contribution in [0.4, 0.5) is 5.95 Å². The lowest BCUT2D eigenvalue weighted by Crippen LogP contribution is -2.31. The summed E-state index contributed by atoms with van der Waals surface area (Å²) in [6.07, 6.45) is 3.35. The highest BCUT2D eigenvalue weighted by Gasteiger charge is 2.34. The van der Waals surface area contributed by atoms with E-state index in [-0.39, 0.29) is 0 Å². The molecular weight excluding hydrogens is 384 g/mol. The number of pyridine rings is 1. The number of nitrogens with zero attached hydrogens (tertiary/aromatic N) is 4. The molecule has 0 bridgehead atoms. The van der Waals surface area contributed by atoms with E-state index >= 15 is 0 Å². The smallest absolute Gasteiger partial charge is 0.248 e. The van der Waals surface area contributed by atoms with Gasteiger partial charge in [0.15, 0.2) is 17.3 Å². The number of amides is 1. The first-order valence-corrected chi connectivity index (χ1v) is 9.48. The largest absolute Gasteiger partial charge is 0.493 e. The van der Waals surface area contributed by atoms with Gasteiger partial charge in [0.1, 0.15) is 6.04 Å². The number of aromatic nitrogens is 4. The van der Waals surface area contributed by atoms with Gasteiger partial charge in [0.25, 0.3) is 0 Å². The van der Waals surface area contributed by atoms with Gasteiger partial charge in [-0.2, -0.15) is 4.98 Å². The van der Waals surface area contributed by atoms with E-state index in [1.165, 1.54) is 0 Å². The fourth-order valence-corrected chi connectivity index (χ4v) is 3.53. The Morgan fingerprint density at radius 3 is 2.67 bits per heavy atom. The van der Waals surface area contributed by atoms with Crippen LogP contribution in [0.2, 0.25) is 0 Å². The molecule has 0 radical (unpaired) electrons. The van der Waals surface area contributed by atoms with Gasteiger partial charge in [0.2, 0.25) is 11.9 Å². The van der Waals surface area contributed by atoms with Crippen molar-refractivity contribution in [1.29, 1.82) is 0 Å². The molecule has 2 aromatic heterocycles. The Labute approximate surface area is 173 Å². The van der Waals surface area contributed by atoms with Crippen molar-refractivity contribution >= 4 is 11.9 Å². The van der Waals surface area contributed by atoms with Gasteiger partial charge in [-0.25, -0.2) is 4.68 Å². The van der Waals surface area contributed by atoms with Crippen molar-refractivity contribution in [3.63, 3.8) is 0 Å². The number of carbonyl (C=O) groups excluding carboxylic acids is 1. The second kappa shape index (κ2) is 7.86. The number of carbonyl (C=O) groups is 1. The number of nitrogens with one attached hydrogen (secondary N) is 1. The monoisotopic (exact) mass is 406 g/mol. The average Bonchev–Trinajstić information content (AvgIpc) is 3.17. The predicted molar refractivity (Wildman–Crippen MR) is 111 cm³/mol. The molecule has 1 amide bonds. The van der Waals surface area contributed by atoms with E-state index in [0.717, 1.165) is 11.1 Å². The van der Waals surface area contributed by atoms with Crippen LogP contribution in [0.1, 0.15) is 25.5 Å². The van der Waals surface area contributed by atoms with Gasteiger partial charge in [-0.1, -0.05) is 6.07 Å². The van der Waals surface area contributed by atoms with Gasteiger partial charge in [-0.05, 0) is 43.7 Å². The van der Waals surface area contributed by atoms with Crippen molar-refractivity contribution < 1.29 is 14.3 Å². The van der Waals surface area contributed by atoms with Crippen molar-refractivity contribution in [3.8, 4) is 22.9 Å². The summed E-state index contributed by atoms with van der Waals surface area (Å²) in [7, 11) is 1.57. The van der Waals surface area contributed by atoms with Gasteiger partial charge < -0.3 is 20.5 Å². The molecule has 4 rings (SSSR count). The number of anilines is 1. The quantitative estimate of drug-likeness (QED) is 0.646. The van der Waals surface area contributed by atoms with Gasteiger partial charge in [0, 0.05) is 23.7 Å². The molecular formula is C21H22N6O3. The van der Waals surface area contributed by atoms with Gasteiger partial charge in [-0.3, -0.25) is 9.78 Å². The van der Waals surface area contributed by atoms with Crippen LogP contribution in [0.15, 0.2) is 54.0 Å². The first-order chi connectivity index (χ1) is 14.5. The number of allylic oxidation sites excluding steroid dienone is 1. The fraction of sp³-hybridized carbons (Fsp3) is 0.238. The first-order valence-electron chi connectivity index (χ1n) is 9.48. The maximum atomic E-state index is 12.4. The topological polar surface area (TPSA) is 117 Å². The van der Waals surface area contributed by atoms with Crippen LogP contribution >= 0.6 is 0 Å². The van der Waals surface area contributed by atoms with Gasteiger partial charge in [0.05, 0.1) is 19.3 Å². The van der Waals surface area contributed by atoms with Gasteiger partial charge >= 0.3 is 0 Å². The number of hydrogen-bond donors (Lipinski definition) is 2. The van der Waals surface area contributed by atoms with Crippen LogP contribution in [0.5, 0.6) is 11.5 Å². The number of nitrogens with two attached hydrogens (primary N) is 1. The minimum atomic E-state index is -0.564. The lowest BCUT2D eigenvalue weighted by molar-refractivity contribution is -0.115. The van der Waals surface area contributed by atoms with Crippen molar-refractivity contribution in [2.45, 2.75) is 19.9 Å². The fourth-order valence-electron chi connectivity index (χ4n) is 3.53. The third-order valence-electron chi connectivity index (χ3n) is 4.86. The Morgan fingerprint density at radius 2 is 2.00 bits per heavy atom. The number of fused-ring (bicyclic) bond motifs is 1. The second-order valence-corrected chi connectivity index (χ2v) is 6.71. The van der Waals surface area contributed by atoms with Crippen molar-refractivity contribution in [2.24, 2.45) is 5.73 Å². The van der Waals surface area contributed by atoms with Crippen molar-refractivity contribution in [3.05, 3.63) is 59.6 Å². The maximum Gasteiger partial charge on any atom is 0.248 e. The molecule has 9 nitrogen and oxygen atoms in total. The van der Waals surface area contributed by atoms with E-state index in [9.17, 15) is 4.79 Å². The first kappa shape index (κ1) is 19.4. The Balaban J connectivity index is 1.87. The molecule has 154 valence electrons. The molecule has 0 saturated carbocycles. The molecule has 3 N–H and O–H groups in total. The van der Waals surface area contributed by atoms with Crippen LogP contribution in [0, 0.1) is 0 Å². The molecule has 9 heteroatoms. The molecule has 30 heavy (non-hydrogen) atoms. The summed E-state index contributed by atoms with van der Waals surface area (Å²) in [5.41, 5.74) is 8.37. The molecule has 1 atom stereocenters. The summed E-state index contributed by atoms with van der Waals surface area (Å²) in [4.78, 5) is 21.0. The highest BCUT2D eigenvalue weighted by molar-refractivity contribution is 5.95. The Kier molecular flexibility index (Phi) is 5.09. The summed E-state index contributed by atoms with van der Waals surface area (Å²) in [5.74, 6) is 1.67. The summed E-state index contributed by atoms with van der Waals surface area (Å²) < 4.78 is 12.8. The molecule has 0 spiro atoms. The van der Waals surface area contributed by atoms with Crippen LogP contribution < -0.4 is 20.5 Å². The Hall–Kier alpha value is -3.88. The molecule has 0 aliphatic carbocycles. The number of hydrogen-bond acceptors (Lipinski definition) is 7. The lowest BCUT2D eigenvalue weighted by Gasteiger charge is -2.28. The predicted octanol–water partition coefficient (Wildman–Crippen LogP) is 2.52. The molecule has 1 aliphatic heterocycles. The van der Waals surface area contributed by atoms with Crippen molar-refractivity contribution in [1.82, 2.24) is 19.7 Å². The van der Waals surface area contributed by atoms with Gasteiger partial charge in [-0.15, -0.1) is 5.10 Å². The third-order valence-corrected chi connectivity index (χ3v) is 4.86. The maximum absolute atomic E-state index is 12.4. The molecule has 0 fully saturated rings. The zero-order chi connectivity index (χ0) is 21.3. The minimum absolute atomic E-state index is 0.403. The lowest BCUT2D eigenvalue weighted by atomic mass is 9.95. The third kappa shape index (κ3) is 3.34. The summed E-state index contributed by atoms with van der Waals surface area (Å²) in [6, 6.07) is 8.60. The molecule has 1 aliphatic rings. The van der Waals surface area contributed by atoms with Crippen LogP contribution in [0.3, 0.4) is 0 Å². The molecule has 0 saturated heterocycles. The van der Waals surface area contributed by atoms with E-state index in [4.69, 9.17) is 15.2 Å². The summed E-state index contributed by atoms with van der Waals surface area (Å²) >= 11 is 0. The standard InChI is InChI=1S/C21H22N6O3/c1-4-30-15-6-5-14(11-16(15)29-3)18-17(19(22)28)12(2)24-21-25-20(26-27(18)21)13-7-9-23-10-8-13/h5-11,18H,4H2,1-3H3,(H2,22,28)(H,24,25,26). The van der Waals surface area contributed by atoms with Crippen molar-refractivity contribution in [2.75, 3.05) is 19.0 Å². The molecule has 3 heterocycles. The average molecular weight is 406 g/mol. The van der Waals surface area contributed by atoms with E-state index < -0.39 is 11.9 Å². The highest BCUT2D eigenvalue weighted by Crippen LogP contribution is 2.39. The SMILES string of the molecule is CCOc1ccc(C2C(C(N)=O)=C(C)Nc3nc(-c4ccncc4)nn32)cc1OC. The normalized spacial score (nSPS) is 15.4.